The van der Waals surface area contributed by atoms with Gasteiger partial charge in [-0.1, -0.05) is 37.5 Å². The second-order valence-corrected chi connectivity index (χ2v) is 6.15. The molecule has 0 spiro atoms. The normalized spacial score (nSPS) is 35.5. The number of hydrogen-bond acceptors (Lipinski definition) is 2. The van der Waals surface area contributed by atoms with Crippen LogP contribution in [0.1, 0.15) is 77.0 Å². The van der Waals surface area contributed by atoms with Crippen LogP contribution in [-0.2, 0) is 0 Å². The Bertz CT molecular complexity index is 392. The van der Waals surface area contributed by atoms with Crippen molar-refractivity contribution in [3.8, 4) is 23.7 Å². The lowest BCUT2D eigenvalue weighted by atomic mass is 9.76. The summed E-state index contributed by atoms with van der Waals surface area (Å²) in [5.74, 6) is 12.1. The fraction of sp³-hybridized carbons (Fsp3) is 0.778. The van der Waals surface area contributed by atoms with Gasteiger partial charge in [0, 0.05) is 12.8 Å². The van der Waals surface area contributed by atoms with Crippen molar-refractivity contribution in [1.82, 2.24) is 0 Å². The second-order valence-electron chi connectivity index (χ2n) is 6.15. The molecule has 0 fully saturated rings. The van der Waals surface area contributed by atoms with Crippen LogP contribution in [-0.4, -0.2) is 21.4 Å². The van der Waals surface area contributed by atoms with Gasteiger partial charge in [-0.25, -0.2) is 0 Å². The molecule has 20 heavy (non-hydrogen) atoms. The maximum absolute atomic E-state index is 11.0. The molecule has 0 aromatic carbocycles. The molecule has 2 heteroatoms. The van der Waals surface area contributed by atoms with E-state index in [0.717, 1.165) is 64.2 Å². The molecule has 0 aliphatic heterocycles. The first-order valence-electron chi connectivity index (χ1n) is 8.11. The van der Waals surface area contributed by atoms with Crippen molar-refractivity contribution in [3.63, 3.8) is 0 Å². The van der Waals surface area contributed by atoms with Gasteiger partial charge in [-0.2, -0.15) is 0 Å². The molecule has 2 N–H and O–H groups in total. The molecule has 2 rings (SSSR count). The summed E-state index contributed by atoms with van der Waals surface area (Å²) < 4.78 is 0. The standard InChI is InChI=1S/C18H26O2/c19-17(13-9-5-1-2-6-10-14-17)18(20)15-11-7-3-4-8-12-16-18/h19-20H,1-9,11,13,15H2. The molecule has 0 bridgehead atoms. The lowest BCUT2D eigenvalue weighted by Crippen LogP contribution is -2.52. The van der Waals surface area contributed by atoms with Gasteiger partial charge >= 0.3 is 0 Å². The van der Waals surface area contributed by atoms with Gasteiger partial charge in [-0.3, -0.25) is 0 Å². The van der Waals surface area contributed by atoms with Crippen LogP contribution in [0.3, 0.4) is 0 Å². The molecule has 0 saturated carbocycles. The molecule has 0 heterocycles. The minimum absolute atomic E-state index is 0.533. The van der Waals surface area contributed by atoms with Crippen LogP contribution in [0, 0.1) is 23.7 Å². The molecule has 0 amide bonds. The highest BCUT2D eigenvalue weighted by molar-refractivity contribution is 5.31. The molecular weight excluding hydrogens is 248 g/mol. The Morgan fingerprint density at radius 2 is 0.950 bits per heavy atom. The first kappa shape index (κ1) is 15.4. The Balaban J connectivity index is 2.25. The van der Waals surface area contributed by atoms with Gasteiger partial charge in [0.1, 0.15) is 0 Å². The van der Waals surface area contributed by atoms with Crippen molar-refractivity contribution in [3.05, 3.63) is 0 Å². The monoisotopic (exact) mass is 274 g/mol. The molecule has 2 atom stereocenters. The predicted molar refractivity (Wildman–Crippen MR) is 80.9 cm³/mol. The van der Waals surface area contributed by atoms with E-state index in [9.17, 15) is 10.2 Å². The molecule has 0 aromatic heterocycles. The van der Waals surface area contributed by atoms with E-state index in [1.54, 1.807) is 0 Å². The first-order valence-corrected chi connectivity index (χ1v) is 8.11. The van der Waals surface area contributed by atoms with Gasteiger partial charge in [0.05, 0.1) is 0 Å². The summed E-state index contributed by atoms with van der Waals surface area (Å²) in [7, 11) is 0. The van der Waals surface area contributed by atoms with Crippen molar-refractivity contribution in [1.29, 1.82) is 0 Å². The van der Waals surface area contributed by atoms with E-state index in [4.69, 9.17) is 0 Å². The topological polar surface area (TPSA) is 40.5 Å². The lowest BCUT2D eigenvalue weighted by Gasteiger charge is -2.36. The predicted octanol–water partition coefficient (Wildman–Crippen LogP) is 3.16. The third-order valence-corrected chi connectivity index (χ3v) is 4.46. The molecule has 0 saturated heterocycles. The summed E-state index contributed by atoms with van der Waals surface area (Å²) >= 11 is 0. The highest BCUT2D eigenvalue weighted by Crippen LogP contribution is 2.33. The summed E-state index contributed by atoms with van der Waals surface area (Å²) in [6.45, 7) is 0. The van der Waals surface area contributed by atoms with Crippen LogP contribution in [0.4, 0.5) is 0 Å². The van der Waals surface area contributed by atoms with Gasteiger partial charge in [0.2, 0.25) is 0 Å². The van der Waals surface area contributed by atoms with E-state index in [-0.39, 0.29) is 0 Å². The van der Waals surface area contributed by atoms with Crippen molar-refractivity contribution in [2.75, 3.05) is 0 Å². The summed E-state index contributed by atoms with van der Waals surface area (Å²) in [4.78, 5) is 0. The zero-order valence-corrected chi connectivity index (χ0v) is 12.4. The maximum Gasteiger partial charge on any atom is 0.165 e. The Labute approximate surface area is 123 Å². The highest BCUT2D eigenvalue weighted by atomic mass is 16.4. The minimum Gasteiger partial charge on any atom is -0.374 e. The Hall–Kier alpha value is -0.960. The number of aliphatic hydroxyl groups is 2. The third-order valence-electron chi connectivity index (χ3n) is 4.46. The largest absolute Gasteiger partial charge is 0.374 e. The van der Waals surface area contributed by atoms with Crippen LogP contribution < -0.4 is 0 Å². The molecule has 2 aliphatic rings. The molecule has 0 radical (unpaired) electrons. The zero-order chi connectivity index (χ0) is 14.3. The van der Waals surface area contributed by atoms with Gasteiger partial charge in [-0.15, -0.1) is 11.8 Å². The first-order chi connectivity index (χ1) is 9.66. The minimum atomic E-state index is -1.35. The van der Waals surface area contributed by atoms with Gasteiger partial charge in [0.25, 0.3) is 0 Å². The SMILES string of the molecule is OC1(C2(O)C#CCCCCCC2)C#CCCCCCC1. The lowest BCUT2D eigenvalue weighted by molar-refractivity contribution is -0.0896. The van der Waals surface area contributed by atoms with Crippen molar-refractivity contribution in [2.45, 2.75) is 88.3 Å². The average Bonchev–Trinajstić information content (AvgIpc) is 2.61. The molecular formula is C18H26O2. The molecule has 2 aliphatic carbocycles. The Morgan fingerprint density at radius 3 is 1.40 bits per heavy atom. The van der Waals surface area contributed by atoms with Crippen LogP contribution in [0.2, 0.25) is 0 Å². The molecule has 110 valence electrons. The van der Waals surface area contributed by atoms with Gasteiger partial charge in [0.15, 0.2) is 11.2 Å². The third kappa shape index (κ3) is 3.78. The summed E-state index contributed by atoms with van der Waals surface area (Å²) in [5.41, 5.74) is -2.70. The number of hydrogen-bond donors (Lipinski definition) is 2. The van der Waals surface area contributed by atoms with E-state index in [2.05, 4.69) is 23.7 Å². The van der Waals surface area contributed by atoms with E-state index in [1.807, 2.05) is 0 Å². The van der Waals surface area contributed by atoms with E-state index >= 15 is 0 Å². The van der Waals surface area contributed by atoms with Crippen molar-refractivity contribution in [2.24, 2.45) is 0 Å². The molecule has 2 nitrogen and oxygen atoms in total. The zero-order valence-electron chi connectivity index (χ0n) is 12.4. The van der Waals surface area contributed by atoms with Crippen LogP contribution >= 0.6 is 0 Å². The van der Waals surface area contributed by atoms with E-state index < -0.39 is 11.2 Å². The van der Waals surface area contributed by atoms with Gasteiger partial charge < -0.3 is 10.2 Å². The number of rotatable bonds is 1. The molecule has 2 unspecified atom stereocenters. The smallest absolute Gasteiger partial charge is 0.165 e. The van der Waals surface area contributed by atoms with Crippen molar-refractivity contribution >= 4 is 0 Å². The second kappa shape index (κ2) is 7.16. The highest BCUT2D eigenvalue weighted by Gasteiger charge is 2.46. The Kier molecular flexibility index (Phi) is 5.53. The summed E-state index contributed by atoms with van der Waals surface area (Å²) in [5, 5.41) is 21.9. The maximum atomic E-state index is 11.0. The summed E-state index contributed by atoms with van der Waals surface area (Å²) in [6.07, 6.45) is 11.2. The quantitative estimate of drug-likeness (QED) is 0.721. The fourth-order valence-corrected chi connectivity index (χ4v) is 3.06. The molecule has 0 aromatic rings. The fourth-order valence-electron chi connectivity index (χ4n) is 3.06. The van der Waals surface area contributed by atoms with Crippen LogP contribution in [0.5, 0.6) is 0 Å². The van der Waals surface area contributed by atoms with Crippen LogP contribution in [0.25, 0.3) is 0 Å². The Morgan fingerprint density at radius 1 is 0.550 bits per heavy atom. The summed E-state index contributed by atoms with van der Waals surface area (Å²) in [6, 6.07) is 0. The van der Waals surface area contributed by atoms with Gasteiger partial charge in [-0.05, 0) is 38.5 Å². The van der Waals surface area contributed by atoms with Crippen LogP contribution in [0.15, 0.2) is 0 Å². The van der Waals surface area contributed by atoms with E-state index in [0.29, 0.717) is 12.8 Å². The van der Waals surface area contributed by atoms with E-state index in [1.165, 1.54) is 0 Å². The average molecular weight is 274 g/mol. The van der Waals surface area contributed by atoms with Crippen molar-refractivity contribution < 1.29 is 10.2 Å².